The molecule has 3 rings (SSSR count). The Morgan fingerprint density at radius 2 is 1.90 bits per heavy atom. The van der Waals surface area contributed by atoms with Crippen LogP contribution in [0.4, 0.5) is 0 Å². The predicted octanol–water partition coefficient (Wildman–Crippen LogP) is 2.21. The maximum absolute atomic E-state index is 5.85. The molecule has 0 radical (unpaired) electrons. The second kappa shape index (κ2) is 5.22. The lowest BCUT2D eigenvalue weighted by Crippen LogP contribution is -2.05. The first-order valence-corrected chi connectivity index (χ1v) is 6.09. The van der Waals surface area contributed by atoms with E-state index in [4.69, 9.17) is 16.3 Å². The normalized spacial score (nSPS) is 10.5. The topological polar surface area (TPSA) is 78.6 Å². The summed E-state index contributed by atoms with van der Waals surface area (Å²) in [6.45, 7) is 1.99. The highest BCUT2D eigenvalue weighted by Gasteiger charge is 2.09. The number of hydrogen-bond acceptors (Lipinski definition) is 6. The molecule has 0 aliphatic rings. The Morgan fingerprint density at radius 1 is 1.10 bits per heavy atom. The minimum Gasteiger partial charge on any atom is -0.424 e. The summed E-state index contributed by atoms with van der Waals surface area (Å²) in [5.41, 5.74) is 1.13. The maximum atomic E-state index is 5.85. The van der Waals surface area contributed by atoms with Crippen molar-refractivity contribution in [1.82, 2.24) is 29.7 Å². The standard InChI is InChI=1S/C12H9ClN6O/c1-8-2-4-9(5-3-8)20-12-17-10(13)16-11(18-12)19-7-14-6-15-19/h2-7H,1H3. The lowest BCUT2D eigenvalue weighted by molar-refractivity contribution is 0.437. The fraction of sp³-hybridized carbons (Fsp3) is 0.0833. The summed E-state index contributed by atoms with van der Waals surface area (Å²) >= 11 is 5.85. The molecule has 0 fully saturated rings. The van der Waals surface area contributed by atoms with Gasteiger partial charge in [-0.1, -0.05) is 17.7 Å². The van der Waals surface area contributed by atoms with Crippen LogP contribution in [0.5, 0.6) is 11.8 Å². The number of benzene rings is 1. The molecule has 0 aliphatic heterocycles. The molecule has 8 heteroatoms. The van der Waals surface area contributed by atoms with Crippen molar-refractivity contribution in [1.29, 1.82) is 0 Å². The molecule has 20 heavy (non-hydrogen) atoms. The molecule has 0 N–H and O–H groups in total. The van der Waals surface area contributed by atoms with E-state index in [1.54, 1.807) is 0 Å². The molecule has 0 bridgehead atoms. The zero-order valence-corrected chi connectivity index (χ0v) is 11.2. The van der Waals surface area contributed by atoms with Gasteiger partial charge in [0, 0.05) is 0 Å². The molecule has 2 heterocycles. The molecule has 0 saturated heterocycles. The zero-order valence-electron chi connectivity index (χ0n) is 10.4. The van der Waals surface area contributed by atoms with Crippen molar-refractivity contribution in [2.24, 2.45) is 0 Å². The Kier molecular flexibility index (Phi) is 3.26. The number of aromatic nitrogens is 6. The monoisotopic (exact) mass is 288 g/mol. The lowest BCUT2D eigenvalue weighted by atomic mass is 10.2. The number of nitrogens with zero attached hydrogens (tertiary/aromatic N) is 6. The molecule has 2 aromatic heterocycles. The highest BCUT2D eigenvalue weighted by atomic mass is 35.5. The van der Waals surface area contributed by atoms with Gasteiger partial charge in [-0.15, -0.1) is 0 Å². The van der Waals surface area contributed by atoms with Gasteiger partial charge in [0.05, 0.1) is 0 Å². The largest absolute Gasteiger partial charge is 0.424 e. The van der Waals surface area contributed by atoms with Gasteiger partial charge in [0.1, 0.15) is 18.4 Å². The molecule has 7 nitrogen and oxygen atoms in total. The summed E-state index contributed by atoms with van der Waals surface area (Å²) in [6.07, 6.45) is 2.83. The van der Waals surface area contributed by atoms with Crippen LogP contribution in [0.15, 0.2) is 36.9 Å². The summed E-state index contributed by atoms with van der Waals surface area (Å²) in [5.74, 6) is 0.854. The zero-order chi connectivity index (χ0) is 13.9. The summed E-state index contributed by atoms with van der Waals surface area (Å²) in [7, 11) is 0. The van der Waals surface area contributed by atoms with Crippen molar-refractivity contribution in [2.75, 3.05) is 0 Å². The van der Waals surface area contributed by atoms with Crippen LogP contribution in [0.25, 0.3) is 5.95 Å². The third-order valence-electron chi connectivity index (χ3n) is 2.43. The molecule has 0 saturated carbocycles. The van der Waals surface area contributed by atoms with Crippen LogP contribution in [0.3, 0.4) is 0 Å². The smallest absolute Gasteiger partial charge is 0.328 e. The molecule has 0 unspecified atom stereocenters. The van der Waals surface area contributed by atoms with Crippen LogP contribution >= 0.6 is 11.6 Å². The highest BCUT2D eigenvalue weighted by molar-refractivity contribution is 6.28. The summed E-state index contributed by atoms with van der Waals surface area (Å²) in [5, 5.41) is 3.95. The molecule has 1 aromatic carbocycles. The van der Waals surface area contributed by atoms with Gasteiger partial charge < -0.3 is 4.74 Å². The first-order chi connectivity index (χ1) is 9.70. The number of hydrogen-bond donors (Lipinski definition) is 0. The minimum absolute atomic E-state index is 0.0209. The molecular weight excluding hydrogens is 280 g/mol. The average Bonchev–Trinajstić information content (AvgIpc) is 2.95. The lowest BCUT2D eigenvalue weighted by Gasteiger charge is -2.05. The van der Waals surface area contributed by atoms with Crippen molar-refractivity contribution < 1.29 is 4.74 Å². The third kappa shape index (κ3) is 2.72. The molecular formula is C12H9ClN6O. The summed E-state index contributed by atoms with van der Waals surface area (Å²) in [4.78, 5) is 15.8. The van der Waals surface area contributed by atoms with Crippen molar-refractivity contribution >= 4 is 11.6 Å². The first-order valence-electron chi connectivity index (χ1n) is 5.72. The van der Waals surface area contributed by atoms with Crippen LogP contribution in [-0.4, -0.2) is 29.7 Å². The van der Waals surface area contributed by atoms with E-state index in [0.717, 1.165) is 5.56 Å². The van der Waals surface area contributed by atoms with Crippen molar-refractivity contribution in [3.8, 4) is 17.7 Å². The van der Waals surface area contributed by atoms with Crippen LogP contribution in [0, 0.1) is 6.92 Å². The van der Waals surface area contributed by atoms with E-state index < -0.39 is 0 Å². The van der Waals surface area contributed by atoms with Crippen molar-refractivity contribution in [3.05, 3.63) is 47.8 Å². The van der Waals surface area contributed by atoms with Gasteiger partial charge in [-0.3, -0.25) is 0 Å². The number of rotatable bonds is 3. The van der Waals surface area contributed by atoms with Crippen LogP contribution < -0.4 is 4.74 Å². The highest BCUT2D eigenvalue weighted by Crippen LogP contribution is 2.19. The van der Waals surface area contributed by atoms with Gasteiger partial charge in [0.15, 0.2) is 0 Å². The van der Waals surface area contributed by atoms with E-state index in [1.165, 1.54) is 17.3 Å². The van der Waals surface area contributed by atoms with Gasteiger partial charge in [-0.2, -0.15) is 24.7 Å². The van der Waals surface area contributed by atoms with E-state index in [9.17, 15) is 0 Å². The van der Waals surface area contributed by atoms with Gasteiger partial charge in [0.25, 0.3) is 5.95 Å². The Hall–Kier alpha value is -2.54. The summed E-state index contributed by atoms with van der Waals surface area (Å²) in [6, 6.07) is 7.59. The van der Waals surface area contributed by atoms with Crippen LogP contribution in [-0.2, 0) is 0 Å². The fourth-order valence-corrected chi connectivity index (χ4v) is 1.64. The molecule has 0 amide bonds. The van der Waals surface area contributed by atoms with E-state index in [1.807, 2.05) is 31.2 Å². The van der Waals surface area contributed by atoms with Crippen molar-refractivity contribution in [3.63, 3.8) is 0 Å². The number of halogens is 1. The summed E-state index contributed by atoms with van der Waals surface area (Å²) < 4.78 is 6.92. The molecule has 0 atom stereocenters. The molecule has 100 valence electrons. The Labute approximate surface area is 119 Å². The molecule has 0 spiro atoms. The molecule has 0 aliphatic carbocycles. The van der Waals surface area contributed by atoms with E-state index in [2.05, 4.69) is 25.0 Å². The number of ether oxygens (including phenoxy) is 1. The maximum Gasteiger partial charge on any atom is 0.328 e. The second-order valence-corrected chi connectivity index (χ2v) is 4.28. The quantitative estimate of drug-likeness (QED) is 0.735. The van der Waals surface area contributed by atoms with Gasteiger partial charge >= 0.3 is 6.01 Å². The van der Waals surface area contributed by atoms with Crippen LogP contribution in [0.2, 0.25) is 5.28 Å². The van der Waals surface area contributed by atoms with Crippen molar-refractivity contribution in [2.45, 2.75) is 6.92 Å². The average molecular weight is 289 g/mol. The van der Waals surface area contributed by atoms with Gasteiger partial charge in [-0.05, 0) is 30.7 Å². The minimum atomic E-state index is 0.0209. The van der Waals surface area contributed by atoms with E-state index in [-0.39, 0.29) is 17.2 Å². The van der Waals surface area contributed by atoms with Gasteiger partial charge in [-0.25, -0.2) is 4.98 Å². The molecule has 3 aromatic rings. The Bertz CT molecular complexity index is 713. The fourth-order valence-electron chi connectivity index (χ4n) is 1.49. The van der Waals surface area contributed by atoms with E-state index >= 15 is 0 Å². The van der Waals surface area contributed by atoms with E-state index in [0.29, 0.717) is 5.75 Å². The van der Waals surface area contributed by atoms with Gasteiger partial charge in [0.2, 0.25) is 5.28 Å². The second-order valence-electron chi connectivity index (χ2n) is 3.94. The SMILES string of the molecule is Cc1ccc(Oc2nc(Cl)nc(-n3cncn3)n2)cc1. The Morgan fingerprint density at radius 3 is 2.60 bits per heavy atom. The number of aryl methyl sites for hydroxylation is 1. The predicted molar refractivity (Wildman–Crippen MR) is 71.0 cm³/mol. The first kappa shape index (κ1) is 12.5. The Balaban J connectivity index is 1.92. The van der Waals surface area contributed by atoms with Crippen LogP contribution in [0.1, 0.15) is 5.56 Å². The third-order valence-corrected chi connectivity index (χ3v) is 2.60.